The molecule has 2 heteroatoms. The van der Waals surface area contributed by atoms with Gasteiger partial charge in [-0.1, -0.05) is 133 Å². The third-order valence-corrected chi connectivity index (χ3v) is 11.6. The molecule has 0 spiro atoms. The number of benzene rings is 3. The molecule has 3 aliphatic heterocycles. The van der Waals surface area contributed by atoms with Crippen molar-refractivity contribution in [2.75, 3.05) is 0 Å². The molecule has 0 saturated heterocycles. The minimum Gasteiger partial charge on any atom is -0.0689 e. The number of hydrogen-bond donors (Lipinski definition) is 0. The lowest BCUT2D eigenvalue weighted by atomic mass is 10.1. The predicted molar refractivity (Wildman–Crippen MR) is 138 cm³/mol. The van der Waals surface area contributed by atoms with Crippen LogP contribution in [0.3, 0.4) is 0 Å². The van der Waals surface area contributed by atoms with Crippen LogP contribution in [0.4, 0.5) is 0 Å². The van der Waals surface area contributed by atoms with Crippen molar-refractivity contribution in [2.24, 2.45) is 0 Å². The molecular formula is C28H34Si2. The van der Waals surface area contributed by atoms with Crippen molar-refractivity contribution < 1.29 is 0 Å². The minimum absolute atomic E-state index is 1.24. The van der Waals surface area contributed by atoms with E-state index in [0.717, 1.165) is 0 Å². The Morgan fingerprint density at radius 3 is 1.23 bits per heavy atom. The largest absolute Gasteiger partial charge is 0.0689 e. The van der Waals surface area contributed by atoms with E-state index in [0.29, 0.717) is 0 Å². The van der Waals surface area contributed by atoms with Gasteiger partial charge in [0.2, 0.25) is 0 Å². The molecule has 0 saturated carbocycles. The fourth-order valence-corrected chi connectivity index (χ4v) is 10.5. The van der Waals surface area contributed by atoms with E-state index in [4.69, 9.17) is 0 Å². The molecule has 3 aromatic rings. The SMILES string of the molecule is C[Si]1(C)Cc2ccc(cc2)/C=C\c2ccc(cc2)C[Si](C)(C)Cc2cccc(c2)C1. The summed E-state index contributed by atoms with van der Waals surface area (Å²) in [5, 5.41) is 0. The Labute approximate surface area is 184 Å². The quantitative estimate of drug-likeness (QED) is 0.330. The Morgan fingerprint density at radius 1 is 0.467 bits per heavy atom. The molecule has 0 radical (unpaired) electrons. The molecule has 0 nitrogen and oxygen atoms in total. The molecular weight excluding hydrogens is 392 g/mol. The number of hydrogen-bond acceptors (Lipinski definition) is 0. The first-order valence-corrected chi connectivity index (χ1v) is 18.0. The van der Waals surface area contributed by atoms with E-state index in [-0.39, 0.29) is 0 Å². The van der Waals surface area contributed by atoms with Crippen LogP contribution in [0.25, 0.3) is 12.2 Å². The third-order valence-electron chi connectivity index (χ3n) is 6.15. The van der Waals surface area contributed by atoms with E-state index in [1.165, 1.54) is 57.6 Å². The fraction of sp³-hybridized carbons (Fsp3) is 0.286. The van der Waals surface area contributed by atoms with Crippen molar-refractivity contribution in [3.05, 3.63) is 106 Å². The van der Waals surface area contributed by atoms with Crippen LogP contribution < -0.4 is 0 Å². The highest BCUT2D eigenvalue weighted by molar-refractivity contribution is 6.76. The topological polar surface area (TPSA) is 0 Å². The van der Waals surface area contributed by atoms with Gasteiger partial charge in [-0.15, -0.1) is 0 Å². The fourth-order valence-electron chi connectivity index (χ4n) is 4.87. The Hall–Kier alpha value is -2.17. The van der Waals surface area contributed by atoms with Gasteiger partial charge in [-0.05, 0) is 35.3 Å². The summed E-state index contributed by atoms with van der Waals surface area (Å²) in [5.74, 6) is 0. The van der Waals surface area contributed by atoms with Gasteiger partial charge in [-0.25, -0.2) is 0 Å². The molecule has 3 aromatic carbocycles. The van der Waals surface area contributed by atoms with Crippen LogP contribution in [-0.2, 0) is 24.2 Å². The average molecular weight is 427 g/mol. The zero-order valence-electron chi connectivity index (χ0n) is 18.9. The van der Waals surface area contributed by atoms with Crippen molar-refractivity contribution in [1.82, 2.24) is 0 Å². The maximum Gasteiger partial charge on any atom is 0.0561 e. The molecule has 6 rings (SSSR count). The molecule has 30 heavy (non-hydrogen) atoms. The van der Waals surface area contributed by atoms with Crippen LogP contribution in [-0.4, -0.2) is 16.1 Å². The van der Waals surface area contributed by atoms with Crippen LogP contribution in [0.2, 0.25) is 26.2 Å². The second kappa shape index (κ2) is 8.52. The van der Waals surface area contributed by atoms with Crippen LogP contribution in [0, 0.1) is 0 Å². The molecule has 0 fully saturated rings. The standard InChI is InChI=1S/C28H34Si2/c1-29(2)19-25-14-10-23(11-15-25)8-9-24-12-16-26(17-13-24)20-30(3,4)22-28-7-5-6-27(18-28)21-29/h5-18H,19-22H2,1-4H3/b9-8-. The second-order valence-electron chi connectivity index (χ2n) is 10.7. The summed E-state index contributed by atoms with van der Waals surface area (Å²) in [4.78, 5) is 0. The Morgan fingerprint density at radius 2 is 0.833 bits per heavy atom. The number of fused-ring (bicyclic) bond motifs is 2. The van der Waals surface area contributed by atoms with Crippen LogP contribution in [0.1, 0.15) is 33.4 Å². The average Bonchev–Trinajstić information content (AvgIpc) is 2.67. The van der Waals surface area contributed by atoms with Gasteiger partial charge in [0, 0.05) is 0 Å². The van der Waals surface area contributed by atoms with Crippen molar-refractivity contribution in [3.8, 4) is 0 Å². The normalized spacial score (nSPS) is 18.9. The molecule has 3 aliphatic rings. The van der Waals surface area contributed by atoms with Crippen molar-refractivity contribution in [2.45, 2.75) is 50.4 Å². The summed E-state index contributed by atoms with van der Waals surface area (Å²) in [6.45, 7) is 10.2. The van der Waals surface area contributed by atoms with Crippen LogP contribution in [0.5, 0.6) is 0 Å². The summed E-state index contributed by atoms with van der Waals surface area (Å²) in [6, 6.07) is 32.9. The molecule has 0 amide bonds. The summed E-state index contributed by atoms with van der Waals surface area (Å²) < 4.78 is 0. The van der Waals surface area contributed by atoms with Gasteiger partial charge in [-0.3, -0.25) is 0 Å². The van der Waals surface area contributed by atoms with Crippen LogP contribution in [0.15, 0.2) is 72.8 Å². The number of rotatable bonds is 0. The van der Waals surface area contributed by atoms with E-state index in [9.17, 15) is 0 Å². The van der Waals surface area contributed by atoms with Crippen molar-refractivity contribution in [3.63, 3.8) is 0 Å². The Balaban J connectivity index is 1.71. The van der Waals surface area contributed by atoms with Crippen LogP contribution >= 0.6 is 0 Å². The second-order valence-corrected chi connectivity index (χ2v) is 20.7. The summed E-state index contributed by atoms with van der Waals surface area (Å²) in [5.41, 5.74) is 8.60. The zero-order chi connectivity index (χ0) is 21.2. The Bertz CT molecular complexity index is 944. The highest BCUT2D eigenvalue weighted by atomic mass is 28.3. The van der Waals surface area contributed by atoms with Gasteiger partial charge in [0.15, 0.2) is 0 Å². The van der Waals surface area contributed by atoms with Crippen molar-refractivity contribution in [1.29, 1.82) is 0 Å². The van der Waals surface area contributed by atoms with Gasteiger partial charge < -0.3 is 0 Å². The molecule has 0 aliphatic carbocycles. The van der Waals surface area contributed by atoms with Gasteiger partial charge in [0.1, 0.15) is 0 Å². The third kappa shape index (κ3) is 5.71. The molecule has 0 unspecified atom stereocenters. The smallest absolute Gasteiger partial charge is 0.0561 e. The Kier molecular flexibility index (Phi) is 5.99. The van der Waals surface area contributed by atoms with E-state index in [1.54, 1.807) is 0 Å². The molecule has 154 valence electrons. The first-order chi connectivity index (χ1) is 14.3. The van der Waals surface area contributed by atoms with Gasteiger partial charge in [-0.2, -0.15) is 0 Å². The minimum atomic E-state index is -1.36. The van der Waals surface area contributed by atoms with Crippen molar-refractivity contribution >= 4 is 28.3 Å². The van der Waals surface area contributed by atoms with E-state index < -0.39 is 16.1 Å². The van der Waals surface area contributed by atoms with E-state index in [2.05, 4.69) is 111 Å². The van der Waals surface area contributed by atoms with Gasteiger partial charge in [0.05, 0.1) is 16.1 Å². The lowest BCUT2D eigenvalue weighted by Crippen LogP contribution is -2.34. The molecule has 0 N–H and O–H groups in total. The maximum atomic E-state index is 2.54. The lowest BCUT2D eigenvalue weighted by molar-refractivity contribution is 1.17. The molecule has 0 atom stereocenters. The summed E-state index contributed by atoms with van der Waals surface area (Å²) >= 11 is 0. The van der Waals surface area contributed by atoms with Gasteiger partial charge >= 0.3 is 0 Å². The first kappa shape index (κ1) is 21.1. The lowest BCUT2D eigenvalue weighted by Gasteiger charge is -2.25. The summed E-state index contributed by atoms with van der Waals surface area (Å²) in [7, 11) is -2.72. The first-order valence-electron chi connectivity index (χ1n) is 11.2. The van der Waals surface area contributed by atoms with E-state index >= 15 is 0 Å². The highest BCUT2D eigenvalue weighted by Crippen LogP contribution is 2.23. The van der Waals surface area contributed by atoms with Gasteiger partial charge in [0.25, 0.3) is 0 Å². The monoisotopic (exact) mass is 426 g/mol. The molecule has 3 heterocycles. The highest BCUT2D eigenvalue weighted by Gasteiger charge is 2.24. The van der Waals surface area contributed by atoms with E-state index in [1.807, 2.05) is 0 Å². The maximum absolute atomic E-state index is 2.54. The predicted octanol–water partition coefficient (Wildman–Crippen LogP) is 7.31. The zero-order valence-corrected chi connectivity index (χ0v) is 20.9. The molecule has 0 aromatic heterocycles. The molecule has 6 bridgehead atoms. The summed E-state index contributed by atoms with van der Waals surface area (Å²) in [6.07, 6.45) is 4.47.